The lowest BCUT2D eigenvalue weighted by Crippen LogP contribution is -2.33. The number of nitrogens with one attached hydrogen (secondary N) is 1. The number of alkyl halides is 2. The lowest BCUT2D eigenvalue weighted by atomic mass is 10.2. The first-order chi connectivity index (χ1) is 14.8. The molecule has 0 bridgehead atoms. The second kappa shape index (κ2) is 8.34. The number of halogens is 2. The SMILES string of the molecule is O=C(Nc1cnn(C[C@@H]2COc3ccccc3O2)c1)c1ccccc1S(=O)(=O)C(F)F. The third-order valence-corrected chi connectivity index (χ3v) is 5.96. The maximum absolute atomic E-state index is 12.9. The van der Waals surface area contributed by atoms with E-state index in [2.05, 4.69) is 10.4 Å². The van der Waals surface area contributed by atoms with Crippen molar-refractivity contribution in [2.24, 2.45) is 0 Å². The Kier molecular flexibility index (Phi) is 5.59. The van der Waals surface area contributed by atoms with E-state index in [0.29, 0.717) is 24.7 Å². The molecule has 1 N–H and O–H groups in total. The summed E-state index contributed by atoms with van der Waals surface area (Å²) in [6, 6.07) is 12.1. The van der Waals surface area contributed by atoms with Gasteiger partial charge in [0.05, 0.1) is 28.9 Å². The number of carbonyl (C=O) groups excluding carboxylic acids is 1. The molecule has 1 aliphatic rings. The summed E-state index contributed by atoms with van der Waals surface area (Å²) in [7, 11) is -4.93. The number of para-hydroxylation sites is 2. The van der Waals surface area contributed by atoms with Crippen LogP contribution in [0.2, 0.25) is 0 Å². The second-order valence-corrected chi connectivity index (χ2v) is 8.59. The van der Waals surface area contributed by atoms with Gasteiger partial charge in [0.2, 0.25) is 9.84 Å². The monoisotopic (exact) mass is 449 g/mol. The van der Waals surface area contributed by atoms with Gasteiger partial charge in [-0.3, -0.25) is 9.48 Å². The van der Waals surface area contributed by atoms with Crippen molar-refractivity contribution in [2.45, 2.75) is 23.3 Å². The Hall–Kier alpha value is -3.47. The maximum Gasteiger partial charge on any atom is 0.341 e. The van der Waals surface area contributed by atoms with Gasteiger partial charge in [0.25, 0.3) is 5.91 Å². The van der Waals surface area contributed by atoms with Crippen LogP contribution in [0.1, 0.15) is 10.4 Å². The van der Waals surface area contributed by atoms with Crippen molar-refractivity contribution in [2.75, 3.05) is 11.9 Å². The molecule has 0 saturated carbocycles. The van der Waals surface area contributed by atoms with Gasteiger partial charge in [0, 0.05) is 6.20 Å². The van der Waals surface area contributed by atoms with Crippen LogP contribution < -0.4 is 14.8 Å². The molecule has 1 amide bonds. The summed E-state index contributed by atoms with van der Waals surface area (Å²) in [5, 5.41) is 6.62. The first-order valence-corrected chi connectivity index (χ1v) is 10.7. The van der Waals surface area contributed by atoms with Crippen LogP contribution in [-0.2, 0) is 16.4 Å². The molecule has 162 valence electrons. The minimum Gasteiger partial charge on any atom is -0.486 e. The Bertz CT molecular complexity index is 1210. The molecular formula is C20H17F2N3O5S. The smallest absolute Gasteiger partial charge is 0.341 e. The molecule has 0 spiro atoms. The van der Waals surface area contributed by atoms with Crippen molar-refractivity contribution in [3.05, 3.63) is 66.5 Å². The zero-order chi connectivity index (χ0) is 22.0. The third-order valence-electron chi connectivity index (χ3n) is 4.52. The van der Waals surface area contributed by atoms with E-state index < -0.39 is 26.4 Å². The molecule has 0 saturated heterocycles. The predicted octanol–water partition coefficient (Wildman–Crippen LogP) is 2.97. The minimum absolute atomic E-state index is 0.270. The zero-order valence-electron chi connectivity index (χ0n) is 15.9. The Balaban J connectivity index is 1.45. The number of rotatable bonds is 6. The molecule has 1 aliphatic heterocycles. The highest BCUT2D eigenvalue weighted by molar-refractivity contribution is 7.91. The number of fused-ring (bicyclic) bond motifs is 1. The first kappa shape index (κ1) is 20.8. The summed E-state index contributed by atoms with van der Waals surface area (Å²) < 4.78 is 62.6. The number of hydrogen-bond acceptors (Lipinski definition) is 6. The van der Waals surface area contributed by atoms with Gasteiger partial charge in [-0.05, 0) is 24.3 Å². The maximum atomic E-state index is 12.9. The largest absolute Gasteiger partial charge is 0.486 e. The standard InChI is InChI=1S/C20H17F2N3O5S/c21-20(22)31(27,28)18-8-4-1-5-15(18)19(26)24-13-9-23-25(10-13)11-14-12-29-16-6-2-3-7-17(16)30-14/h1-10,14,20H,11-12H2,(H,24,26)/t14-/m1/s1. The number of nitrogens with zero attached hydrogens (tertiary/aromatic N) is 2. The van der Waals surface area contributed by atoms with Gasteiger partial charge < -0.3 is 14.8 Å². The van der Waals surface area contributed by atoms with E-state index in [1.165, 1.54) is 35.3 Å². The second-order valence-electron chi connectivity index (χ2n) is 6.70. The van der Waals surface area contributed by atoms with Gasteiger partial charge in [0.1, 0.15) is 6.61 Å². The normalized spacial score (nSPS) is 15.6. The van der Waals surface area contributed by atoms with Crippen molar-refractivity contribution in [3.8, 4) is 11.5 Å². The Morgan fingerprint density at radius 1 is 1.16 bits per heavy atom. The van der Waals surface area contributed by atoms with Crippen LogP contribution in [0.15, 0.2) is 65.8 Å². The van der Waals surface area contributed by atoms with E-state index in [-0.39, 0.29) is 17.4 Å². The number of hydrogen-bond donors (Lipinski definition) is 1. The number of anilines is 1. The van der Waals surface area contributed by atoms with E-state index in [0.717, 1.165) is 6.07 Å². The summed E-state index contributed by atoms with van der Waals surface area (Å²) in [4.78, 5) is 11.8. The molecule has 0 unspecified atom stereocenters. The number of benzene rings is 2. The number of ether oxygens (including phenoxy) is 2. The number of amides is 1. The van der Waals surface area contributed by atoms with E-state index >= 15 is 0 Å². The Morgan fingerprint density at radius 3 is 2.65 bits per heavy atom. The molecule has 11 heteroatoms. The van der Waals surface area contributed by atoms with E-state index in [9.17, 15) is 22.0 Å². The summed E-state index contributed by atoms with van der Waals surface area (Å²) >= 11 is 0. The molecule has 0 fully saturated rings. The molecule has 0 aliphatic carbocycles. The van der Waals surface area contributed by atoms with Gasteiger partial charge in [0.15, 0.2) is 17.6 Å². The topological polar surface area (TPSA) is 99.5 Å². The van der Waals surface area contributed by atoms with Crippen LogP contribution in [0.3, 0.4) is 0 Å². The molecule has 8 nitrogen and oxygen atoms in total. The lowest BCUT2D eigenvalue weighted by Gasteiger charge is -2.26. The first-order valence-electron chi connectivity index (χ1n) is 9.18. The van der Waals surface area contributed by atoms with Gasteiger partial charge in [-0.2, -0.15) is 13.9 Å². The molecular weight excluding hydrogens is 432 g/mol. The average Bonchev–Trinajstić information content (AvgIpc) is 3.20. The Morgan fingerprint density at radius 2 is 1.87 bits per heavy atom. The van der Waals surface area contributed by atoms with Crippen molar-refractivity contribution in [1.29, 1.82) is 0 Å². The number of aromatic nitrogens is 2. The van der Waals surface area contributed by atoms with Crippen molar-refractivity contribution < 1.29 is 31.5 Å². The highest BCUT2D eigenvalue weighted by atomic mass is 32.2. The number of carbonyl (C=O) groups is 1. The van der Waals surface area contributed by atoms with E-state index in [4.69, 9.17) is 9.47 Å². The van der Waals surface area contributed by atoms with Crippen LogP contribution in [0.4, 0.5) is 14.5 Å². The van der Waals surface area contributed by atoms with E-state index in [1.807, 2.05) is 12.1 Å². The molecule has 2 heterocycles. The molecule has 31 heavy (non-hydrogen) atoms. The van der Waals surface area contributed by atoms with Crippen LogP contribution in [-0.4, -0.2) is 42.6 Å². The molecule has 3 aromatic rings. The van der Waals surface area contributed by atoms with Crippen molar-refractivity contribution >= 4 is 21.4 Å². The van der Waals surface area contributed by atoms with E-state index in [1.54, 1.807) is 12.1 Å². The predicted molar refractivity (Wildman–Crippen MR) is 106 cm³/mol. The molecule has 4 rings (SSSR count). The van der Waals surface area contributed by atoms with Crippen LogP contribution in [0, 0.1) is 0 Å². The number of sulfone groups is 1. The van der Waals surface area contributed by atoms with Crippen LogP contribution >= 0.6 is 0 Å². The van der Waals surface area contributed by atoms with Crippen molar-refractivity contribution in [3.63, 3.8) is 0 Å². The van der Waals surface area contributed by atoms with Gasteiger partial charge in [-0.25, -0.2) is 8.42 Å². The lowest BCUT2D eigenvalue weighted by molar-refractivity contribution is 0.0759. The summed E-state index contributed by atoms with van der Waals surface area (Å²) in [5.41, 5.74) is -0.109. The van der Waals surface area contributed by atoms with Crippen LogP contribution in [0.25, 0.3) is 0 Å². The quantitative estimate of drug-likeness (QED) is 0.621. The highest BCUT2D eigenvalue weighted by Crippen LogP contribution is 2.31. The zero-order valence-corrected chi connectivity index (χ0v) is 16.8. The highest BCUT2D eigenvalue weighted by Gasteiger charge is 2.31. The molecule has 1 atom stereocenters. The Labute approximate surface area is 176 Å². The third kappa shape index (κ3) is 4.36. The van der Waals surface area contributed by atoms with Gasteiger partial charge >= 0.3 is 5.76 Å². The van der Waals surface area contributed by atoms with Gasteiger partial charge in [-0.1, -0.05) is 24.3 Å². The summed E-state index contributed by atoms with van der Waals surface area (Å²) in [6.45, 7) is 0.651. The average molecular weight is 449 g/mol. The van der Waals surface area contributed by atoms with Gasteiger partial charge in [-0.15, -0.1) is 0 Å². The fraction of sp³-hybridized carbons (Fsp3) is 0.200. The fourth-order valence-corrected chi connectivity index (χ4v) is 4.01. The molecule has 1 aromatic heterocycles. The minimum atomic E-state index is -4.93. The molecule has 0 radical (unpaired) electrons. The van der Waals surface area contributed by atoms with Crippen molar-refractivity contribution in [1.82, 2.24) is 9.78 Å². The fourth-order valence-electron chi connectivity index (χ4n) is 3.09. The van der Waals surface area contributed by atoms with Crippen LogP contribution in [0.5, 0.6) is 11.5 Å². The summed E-state index contributed by atoms with van der Waals surface area (Å²) in [6.07, 6.45) is 2.57. The molecule has 2 aromatic carbocycles. The summed E-state index contributed by atoms with van der Waals surface area (Å²) in [5.74, 6) is -3.20.